The molecule has 0 saturated heterocycles. The Bertz CT molecular complexity index is 740. The molecule has 5 heteroatoms. The Morgan fingerprint density at radius 1 is 1.25 bits per heavy atom. The molecule has 5 N–H and O–H groups in total. The van der Waals surface area contributed by atoms with Gasteiger partial charge in [-0.2, -0.15) is 0 Å². The number of anilines is 1. The lowest BCUT2D eigenvalue weighted by molar-refractivity contribution is -0.0107. The van der Waals surface area contributed by atoms with Crippen LogP contribution in [-0.2, 0) is 6.42 Å². The number of nitrogens with zero attached hydrogens (tertiary/aromatic N) is 1. The Hall–Kier alpha value is -1.88. The molecule has 1 aromatic heterocycles. The molecule has 5 nitrogen and oxygen atoms in total. The maximum absolute atomic E-state index is 11.9. The van der Waals surface area contributed by atoms with Crippen LogP contribution in [0.25, 0.3) is 6.08 Å². The first kappa shape index (κ1) is 14.5. The van der Waals surface area contributed by atoms with E-state index < -0.39 is 5.91 Å². The van der Waals surface area contributed by atoms with Gasteiger partial charge >= 0.3 is 0 Å². The molecule has 5 aliphatic carbocycles. The van der Waals surface area contributed by atoms with E-state index in [9.17, 15) is 4.79 Å². The number of hydrogen-bond acceptors (Lipinski definition) is 4. The van der Waals surface area contributed by atoms with Crippen molar-refractivity contribution >= 4 is 17.7 Å². The first-order chi connectivity index (χ1) is 11.5. The van der Waals surface area contributed by atoms with Gasteiger partial charge in [-0.1, -0.05) is 12.2 Å². The Morgan fingerprint density at radius 3 is 2.67 bits per heavy atom. The molecule has 24 heavy (non-hydrogen) atoms. The average Bonchev–Trinajstić information content (AvgIpc) is 2.97. The topological polar surface area (TPSA) is 94.0 Å². The first-order valence-corrected chi connectivity index (χ1v) is 9.06. The zero-order valence-electron chi connectivity index (χ0n) is 13.8. The summed E-state index contributed by atoms with van der Waals surface area (Å²) in [6.07, 6.45) is 12.6. The smallest absolute Gasteiger partial charge is 0.252 e. The molecule has 4 fully saturated rings. The summed E-state index contributed by atoms with van der Waals surface area (Å²) >= 11 is 0. The minimum atomic E-state index is -0.410. The molecule has 5 aliphatic rings. The number of fused-ring (bicyclic) bond motifs is 1. The van der Waals surface area contributed by atoms with Crippen LogP contribution in [0, 0.1) is 17.8 Å². The van der Waals surface area contributed by atoms with Crippen molar-refractivity contribution in [2.75, 3.05) is 5.32 Å². The normalized spacial score (nSPS) is 38.4. The second-order valence-corrected chi connectivity index (χ2v) is 8.38. The number of primary amides is 1. The number of carbonyl (C=O) groups is 1. The summed E-state index contributed by atoms with van der Waals surface area (Å²) in [6, 6.07) is 0.400. The van der Waals surface area contributed by atoms with Crippen LogP contribution in [0.1, 0.15) is 53.7 Å². The van der Waals surface area contributed by atoms with E-state index in [1.165, 1.54) is 19.3 Å². The third-order valence-corrected chi connectivity index (χ3v) is 6.69. The minimum Gasteiger partial charge on any atom is -0.381 e. The molecule has 0 aromatic carbocycles. The van der Waals surface area contributed by atoms with Crippen molar-refractivity contribution in [1.82, 2.24) is 4.98 Å². The Balaban J connectivity index is 1.52. The minimum absolute atomic E-state index is 0.0568. The molecule has 4 bridgehead atoms. The fraction of sp³-hybridized carbons (Fsp3) is 0.579. The highest BCUT2D eigenvalue weighted by atomic mass is 16.1. The predicted octanol–water partition coefficient (Wildman–Crippen LogP) is 2.07. The van der Waals surface area contributed by atoms with E-state index in [0.29, 0.717) is 23.4 Å². The standard InChI is InChI=1S/C19H24N4O/c20-18(24)14-9-22-15-3-1-2-13(15)17(14)23-16-11-4-10-5-12(16)8-19(21,6-10)7-11/h1-2,9-12,16H,3-8,21H2,(H2,20,24)(H,22,23). The van der Waals surface area contributed by atoms with Crippen molar-refractivity contribution in [3.63, 3.8) is 0 Å². The van der Waals surface area contributed by atoms with Gasteiger partial charge in [0.2, 0.25) is 0 Å². The molecule has 2 unspecified atom stereocenters. The van der Waals surface area contributed by atoms with E-state index in [-0.39, 0.29) is 5.54 Å². The molecular weight excluding hydrogens is 300 g/mol. The SMILES string of the molecule is NC(=O)c1cnc2c(c1NC1C3CC4CC1CC(N)(C4)C3)C=CC2. The molecular formula is C19H24N4O. The Kier molecular flexibility index (Phi) is 2.90. The summed E-state index contributed by atoms with van der Waals surface area (Å²) in [5, 5.41) is 3.74. The van der Waals surface area contributed by atoms with Gasteiger partial charge in [0, 0.05) is 29.8 Å². The van der Waals surface area contributed by atoms with Crippen molar-refractivity contribution in [1.29, 1.82) is 0 Å². The van der Waals surface area contributed by atoms with Gasteiger partial charge in [-0.25, -0.2) is 0 Å². The number of allylic oxidation sites excluding steroid dienone is 1. The highest BCUT2D eigenvalue weighted by Gasteiger charge is 2.53. The zero-order chi connectivity index (χ0) is 16.5. The average molecular weight is 324 g/mol. The number of rotatable bonds is 3. The predicted molar refractivity (Wildman–Crippen MR) is 93.4 cm³/mol. The highest BCUT2D eigenvalue weighted by molar-refractivity contribution is 6.00. The number of nitrogens with one attached hydrogen (secondary N) is 1. The molecule has 1 amide bonds. The van der Waals surface area contributed by atoms with Crippen LogP contribution in [-0.4, -0.2) is 22.5 Å². The fourth-order valence-electron chi connectivity index (χ4n) is 6.03. The summed E-state index contributed by atoms with van der Waals surface area (Å²) in [4.78, 5) is 16.3. The van der Waals surface area contributed by atoms with E-state index in [0.717, 1.165) is 42.1 Å². The van der Waals surface area contributed by atoms with Crippen LogP contribution in [0.15, 0.2) is 12.3 Å². The zero-order valence-corrected chi connectivity index (χ0v) is 13.8. The van der Waals surface area contributed by atoms with E-state index in [1.807, 2.05) is 0 Å². The van der Waals surface area contributed by atoms with Gasteiger partial charge in [0.15, 0.2) is 0 Å². The molecule has 0 radical (unpaired) electrons. The number of aromatic nitrogens is 1. The maximum Gasteiger partial charge on any atom is 0.252 e. The largest absolute Gasteiger partial charge is 0.381 e. The quantitative estimate of drug-likeness (QED) is 0.793. The number of pyridine rings is 1. The molecule has 1 heterocycles. The van der Waals surface area contributed by atoms with Crippen LogP contribution in [0.5, 0.6) is 0 Å². The number of hydrogen-bond donors (Lipinski definition) is 3. The lowest BCUT2D eigenvalue weighted by Crippen LogP contribution is -2.62. The Morgan fingerprint density at radius 2 is 2.00 bits per heavy atom. The summed E-state index contributed by atoms with van der Waals surface area (Å²) in [7, 11) is 0. The number of carbonyl (C=O) groups excluding carboxylic acids is 1. The maximum atomic E-state index is 11.9. The van der Waals surface area contributed by atoms with Crippen LogP contribution in [0.4, 0.5) is 5.69 Å². The van der Waals surface area contributed by atoms with Gasteiger partial charge in [0.25, 0.3) is 5.91 Å². The molecule has 0 aliphatic heterocycles. The number of nitrogens with two attached hydrogens (primary N) is 2. The summed E-state index contributed by atoms with van der Waals surface area (Å²) in [6.45, 7) is 0. The lowest BCUT2D eigenvalue weighted by Gasteiger charge is -2.59. The Labute approximate surface area is 141 Å². The third kappa shape index (κ3) is 2.04. The second kappa shape index (κ2) is 4.82. The fourth-order valence-corrected chi connectivity index (χ4v) is 6.03. The van der Waals surface area contributed by atoms with Gasteiger partial charge in [-0.3, -0.25) is 9.78 Å². The van der Waals surface area contributed by atoms with E-state index >= 15 is 0 Å². The molecule has 1 aromatic rings. The van der Waals surface area contributed by atoms with Gasteiger partial charge < -0.3 is 16.8 Å². The molecule has 0 spiro atoms. The van der Waals surface area contributed by atoms with Crippen molar-refractivity contribution in [3.05, 3.63) is 29.1 Å². The van der Waals surface area contributed by atoms with Crippen LogP contribution in [0.2, 0.25) is 0 Å². The summed E-state index contributed by atoms with van der Waals surface area (Å²) in [5.74, 6) is 1.60. The first-order valence-electron chi connectivity index (χ1n) is 9.06. The van der Waals surface area contributed by atoms with E-state index in [4.69, 9.17) is 11.5 Å². The molecule has 126 valence electrons. The van der Waals surface area contributed by atoms with E-state index in [2.05, 4.69) is 22.5 Å². The summed E-state index contributed by atoms with van der Waals surface area (Å²) < 4.78 is 0. The van der Waals surface area contributed by atoms with Crippen LogP contribution >= 0.6 is 0 Å². The summed E-state index contributed by atoms with van der Waals surface area (Å²) in [5.41, 5.74) is 15.8. The molecule has 2 atom stereocenters. The highest BCUT2D eigenvalue weighted by Crippen LogP contribution is 2.55. The monoisotopic (exact) mass is 324 g/mol. The second-order valence-electron chi connectivity index (χ2n) is 8.38. The van der Waals surface area contributed by atoms with Crippen molar-refractivity contribution in [2.45, 2.75) is 50.1 Å². The van der Waals surface area contributed by atoms with Crippen LogP contribution < -0.4 is 16.8 Å². The molecule has 4 saturated carbocycles. The third-order valence-electron chi connectivity index (χ3n) is 6.69. The number of amides is 1. The van der Waals surface area contributed by atoms with Crippen LogP contribution in [0.3, 0.4) is 0 Å². The van der Waals surface area contributed by atoms with Crippen molar-refractivity contribution < 1.29 is 4.79 Å². The van der Waals surface area contributed by atoms with Gasteiger partial charge in [-0.05, 0) is 49.9 Å². The van der Waals surface area contributed by atoms with Gasteiger partial charge in [0.1, 0.15) is 0 Å². The molecule has 6 rings (SSSR count). The van der Waals surface area contributed by atoms with Crippen molar-refractivity contribution in [3.8, 4) is 0 Å². The van der Waals surface area contributed by atoms with E-state index in [1.54, 1.807) is 6.20 Å². The van der Waals surface area contributed by atoms with Crippen molar-refractivity contribution in [2.24, 2.45) is 29.2 Å². The van der Waals surface area contributed by atoms with Gasteiger partial charge in [0.05, 0.1) is 16.9 Å². The van der Waals surface area contributed by atoms with Gasteiger partial charge in [-0.15, -0.1) is 0 Å². The lowest BCUT2D eigenvalue weighted by atomic mass is 9.51.